The lowest BCUT2D eigenvalue weighted by atomic mass is 9.64. The molecule has 0 aliphatic heterocycles. The highest BCUT2D eigenvalue weighted by Gasteiger charge is 2.71. The quantitative estimate of drug-likeness (QED) is 0.281. The number of halogens is 1. The SMILES string of the molecule is Cc1c(Cl)cccc1NC(=O)C12CCC(C)(C(=NOC(=O)c3cc([N+](=O)[O-])cc([N+](=O)[O-])c3)C1)C2(C)C. The lowest BCUT2D eigenvalue weighted by Gasteiger charge is -2.39. The van der Waals surface area contributed by atoms with Crippen LogP contribution in [0.4, 0.5) is 17.1 Å². The van der Waals surface area contributed by atoms with Crippen molar-refractivity contribution in [2.24, 2.45) is 21.4 Å². The van der Waals surface area contributed by atoms with Gasteiger partial charge in [0.25, 0.3) is 11.4 Å². The van der Waals surface area contributed by atoms with Gasteiger partial charge in [-0.3, -0.25) is 25.0 Å². The fraction of sp³-hybridized carbons (Fsp3) is 0.400. The van der Waals surface area contributed by atoms with Gasteiger partial charge in [0, 0.05) is 34.7 Å². The third-order valence-electron chi connectivity index (χ3n) is 8.48. The number of nitro groups is 2. The molecular weight excluding hydrogens is 504 g/mol. The summed E-state index contributed by atoms with van der Waals surface area (Å²) in [5.41, 5.74) is -1.68. The van der Waals surface area contributed by atoms with Gasteiger partial charge in [-0.15, -0.1) is 0 Å². The van der Waals surface area contributed by atoms with Crippen molar-refractivity contribution in [1.82, 2.24) is 0 Å². The maximum Gasteiger partial charge on any atom is 0.366 e. The van der Waals surface area contributed by atoms with E-state index in [0.717, 1.165) is 23.8 Å². The van der Waals surface area contributed by atoms with Crippen molar-refractivity contribution in [3.63, 3.8) is 0 Å². The molecule has 2 unspecified atom stereocenters. The number of fused-ring (bicyclic) bond motifs is 2. The number of nitro benzene ring substituents is 2. The molecule has 2 bridgehead atoms. The van der Waals surface area contributed by atoms with Crippen molar-refractivity contribution in [2.75, 3.05) is 5.32 Å². The van der Waals surface area contributed by atoms with Gasteiger partial charge in [0.1, 0.15) is 0 Å². The first-order valence-electron chi connectivity index (χ1n) is 11.5. The van der Waals surface area contributed by atoms with Crippen LogP contribution in [0.5, 0.6) is 0 Å². The molecule has 12 heteroatoms. The fourth-order valence-corrected chi connectivity index (χ4v) is 5.75. The fourth-order valence-electron chi connectivity index (χ4n) is 5.58. The molecule has 0 radical (unpaired) electrons. The molecule has 194 valence electrons. The minimum absolute atomic E-state index is 0.183. The van der Waals surface area contributed by atoms with Gasteiger partial charge in [0.2, 0.25) is 5.91 Å². The van der Waals surface area contributed by atoms with Gasteiger partial charge in [-0.2, -0.15) is 0 Å². The first-order chi connectivity index (χ1) is 17.2. The molecule has 0 saturated heterocycles. The summed E-state index contributed by atoms with van der Waals surface area (Å²) in [5, 5.41) is 29.9. The number of nitrogens with one attached hydrogen (secondary N) is 1. The maximum absolute atomic E-state index is 13.7. The second-order valence-electron chi connectivity index (χ2n) is 10.3. The third kappa shape index (κ3) is 4.03. The largest absolute Gasteiger partial charge is 0.366 e. The molecule has 4 rings (SSSR count). The highest BCUT2D eigenvalue weighted by Crippen LogP contribution is 2.71. The van der Waals surface area contributed by atoms with Crippen molar-refractivity contribution >= 4 is 46.3 Å². The zero-order valence-corrected chi connectivity index (χ0v) is 21.4. The Morgan fingerprint density at radius 1 is 1.05 bits per heavy atom. The minimum Gasteiger partial charge on any atom is -0.325 e. The van der Waals surface area contributed by atoms with Crippen molar-refractivity contribution in [2.45, 2.75) is 47.0 Å². The van der Waals surface area contributed by atoms with Gasteiger partial charge in [0.05, 0.1) is 32.6 Å². The number of carbonyl (C=O) groups excluding carboxylic acids is 2. The van der Waals surface area contributed by atoms with Crippen molar-refractivity contribution in [3.8, 4) is 0 Å². The Bertz CT molecular complexity index is 1360. The molecule has 11 nitrogen and oxygen atoms in total. The summed E-state index contributed by atoms with van der Waals surface area (Å²) < 4.78 is 0. The number of oxime groups is 1. The van der Waals surface area contributed by atoms with Crippen LogP contribution in [-0.2, 0) is 9.63 Å². The van der Waals surface area contributed by atoms with E-state index in [1.807, 2.05) is 27.7 Å². The van der Waals surface area contributed by atoms with Crippen molar-refractivity contribution in [3.05, 3.63) is 72.8 Å². The Balaban J connectivity index is 1.62. The Labute approximate surface area is 217 Å². The van der Waals surface area contributed by atoms with Crippen molar-refractivity contribution in [1.29, 1.82) is 0 Å². The summed E-state index contributed by atoms with van der Waals surface area (Å²) >= 11 is 6.22. The number of amides is 1. The normalized spacial score (nSPS) is 24.6. The lowest BCUT2D eigenvalue weighted by molar-refractivity contribution is -0.394. The topological polar surface area (TPSA) is 154 Å². The van der Waals surface area contributed by atoms with E-state index in [4.69, 9.17) is 16.4 Å². The summed E-state index contributed by atoms with van der Waals surface area (Å²) in [7, 11) is 0. The molecule has 0 aromatic heterocycles. The average Bonchev–Trinajstić information content (AvgIpc) is 3.15. The van der Waals surface area contributed by atoms with Gasteiger partial charge < -0.3 is 10.2 Å². The Kier molecular flexibility index (Phi) is 6.31. The second-order valence-corrected chi connectivity index (χ2v) is 10.7. The van der Waals surface area contributed by atoms with Crippen molar-refractivity contribution < 1.29 is 24.3 Å². The van der Waals surface area contributed by atoms with Crippen LogP contribution in [0.2, 0.25) is 5.02 Å². The Morgan fingerprint density at radius 3 is 2.27 bits per heavy atom. The van der Waals surface area contributed by atoms with Crippen LogP contribution in [0.1, 0.15) is 56.0 Å². The Morgan fingerprint density at radius 2 is 1.68 bits per heavy atom. The highest BCUT2D eigenvalue weighted by molar-refractivity contribution is 6.31. The summed E-state index contributed by atoms with van der Waals surface area (Å²) in [6, 6.07) is 7.82. The number of non-ortho nitro benzene ring substituents is 2. The van der Waals surface area contributed by atoms with E-state index >= 15 is 0 Å². The van der Waals surface area contributed by atoms with E-state index in [2.05, 4.69) is 10.5 Å². The minimum atomic E-state index is -1.07. The summed E-state index contributed by atoms with van der Waals surface area (Å²) in [5.74, 6) is -1.26. The molecule has 37 heavy (non-hydrogen) atoms. The van der Waals surface area contributed by atoms with E-state index in [1.54, 1.807) is 18.2 Å². The molecule has 0 spiro atoms. The molecule has 2 aromatic rings. The summed E-state index contributed by atoms with van der Waals surface area (Å²) in [6.45, 7) is 7.75. The zero-order chi connectivity index (χ0) is 27.3. The number of nitrogens with zero attached hydrogens (tertiary/aromatic N) is 3. The Hall–Kier alpha value is -3.86. The van der Waals surface area contributed by atoms with Crippen LogP contribution in [-0.4, -0.2) is 27.4 Å². The van der Waals surface area contributed by atoms with Crippen LogP contribution in [0, 0.1) is 43.4 Å². The number of hydrogen-bond donors (Lipinski definition) is 1. The molecule has 0 heterocycles. The summed E-state index contributed by atoms with van der Waals surface area (Å²) in [6.07, 6.45) is 1.47. The molecule has 2 aromatic carbocycles. The predicted octanol–water partition coefficient (Wildman–Crippen LogP) is 5.83. The van der Waals surface area contributed by atoms with Crippen LogP contribution in [0.15, 0.2) is 41.6 Å². The van der Waals surface area contributed by atoms with Crippen LogP contribution < -0.4 is 5.32 Å². The second kappa shape index (κ2) is 8.91. The van der Waals surface area contributed by atoms with Crippen LogP contribution >= 0.6 is 11.6 Å². The average molecular weight is 529 g/mol. The number of rotatable bonds is 6. The standard InChI is InChI=1S/C25H25ClN4O7/c1-14-18(26)6-5-7-19(14)27-22(32)25-9-8-24(4,23(25,2)3)20(13-25)28-37-21(31)15-10-16(29(33)34)12-17(11-15)30(35)36/h5-7,10-12H,8-9,13H2,1-4H3,(H,27,32). The molecule has 2 saturated carbocycles. The zero-order valence-electron chi connectivity index (χ0n) is 20.7. The van der Waals surface area contributed by atoms with E-state index in [9.17, 15) is 29.8 Å². The molecule has 1 amide bonds. The molecular formula is C25H25ClN4O7. The molecule has 2 aliphatic carbocycles. The number of carbonyl (C=O) groups is 2. The van der Waals surface area contributed by atoms with Crippen LogP contribution in [0.3, 0.4) is 0 Å². The molecule has 1 N–H and O–H groups in total. The van der Waals surface area contributed by atoms with Gasteiger partial charge in [0.15, 0.2) is 0 Å². The van der Waals surface area contributed by atoms with E-state index in [1.165, 1.54) is 0 Å². The lowest BCUT2D eigenvalue weighted by Crippen LogP contribution is -2.43. The first kappa shape index (κ1) is 26.2. The number of anilines is 1. The van der Waals surface area contributed by atoms with Crippen LogP contribution in [0.25, 0.3) is 0 Å². The molecule has 2 fully saturated rings. The molecule has 2 atom stereocenters. The van der Waals surface area contributed by atoms with Gasteiger partial charge in [-0.05, 0) is 42.9 Å². The molecule has 2 aliphatic rings. The van der Waals surface area contributed by atoms with E-state index in [-0.39, 0.29) is 17.9 Å². The predicted molar refractivity (Wildman–Crippen MR) is 136 cm³/mol. The highest BCUT2D eigenvalue weighted by atomic mass is 35.5. The van der Waals surface area contributed by atoms with Gasteiger partial charge in [-0.1, -0.05) is 43.6 Å². The third-order valence-corrected chi connectivity index (χ3v) is 8.89. The monoisotopic (exact) mass is 528 g/mol. The first-order valence-corrected chi connectivity index (χ1v) is 11.9. The smallest absolute Gasteiger partial charge is 0.325 e. The maximum atomic E-state index is 13.7. The van der Waals surface area contributed by atoms with Gasteiger partial charge in [-0.25, -0.2) is 4.79 Å². The van der Waals surface area contributed by atoms with E-state index in [0.29, 0.717) is 29.3 Å². The number of hydrogen-bond acceptors (Lipinski definition) is 8. The number of benzene rings is 2. The van der Waals surface area contributed by atoms with E-state index < -0.39 is 43.4 Å². The summed E-state index contributed by atoms with van der Waals surface area (Å²) in [4.78, 5) is 52.1. The van der Waals surface area contributed by atoms with Gasteiger partial charge >= 0.3 is 5.97 Å².